The summed E-state index contributed by atoms with van der Waals surface area (Å²) in [5.41, 5.74) is 1.84. The van der Waals surface area contributed by atoms with Crippen molar-refractivity contribution in [3.63, 3.8) is 0 Å². The molecule has 5 heteroatoms. The summed E-state index contributed by atoms with van der Waals surface area (Å²) in [4.78, 5) is 18.1. The van der Waals surface area contributed by atoms with Crippen molar-refractivity contribution in [2.75, 3.05) is 13.6 Å². The van der Waals surface area contributed by atoms with E-state index in [1.165, 1.54) is 11.8 Å². The first-order valence-electron chi connectivity index (χ1n) is 6.42. The van der Waals surface area contributed by atoms with Crippen LogP contribution in [0.5, 0.6) is 0 Å². The third kappa shape index (κ3) is 6.40. The maximum absolute atomic E-state index is 12.0. The van der Waals surface area contributed by atoms with Gasteiger partial charge in [-0.3, -0.25) is 14.5 Å². The van der Waals surface area contributed by atoms with Gasteiger partial charge in [-0.1, -0.05) is 48.2 Å². The first kappa shape index (κ1) is 19.1. The van der Waals surface area contributed by atoms with Gasteiger partial charge in [-0.05, 0) is 31.5 Å². The lowest BCUT2D eigenvalue weighted by molar-refractivity contribution is 0.104. The molecule has 0 aromatic heterocycles. The predicted molar refractivity (Wildman–Crippen MR) is 90.7 cm³/mol. The molecule has 0 radical (unpaired) electrons. The van der Waals surface area contributed by atoms with E-state index in [0.29, 0.717) is 12.1 Å². The molecule has 0 unspecified atom stereocenters. The van der Waals surface area contributed by atoms with E-state index in [-0.39, 0.29) is 10.5 Å². The van der Waals surface area contributed by atoms with Crippen LogP contribution in [-0.4, -0.2) is 29.4 Å². The molecule has 0 aliphatic rings. The quantitative estimate of drug-likeness (QED) is 0.356. The maximum atomic E-state index is 12.0. The highest BCUT2D eigenvalue weighted by molar-refractivity contribution is 8.16. The first-order valence-corrected chi connectivity index (χ1v) is 7.30. The molecule has 1 rings (SSSR count). The number of carbonyl (C=O) groups excluding carboxylic acids is 1. The molecule has 0 spiro atoms. The van der Waals surface area contributed by atoms with Crippen molar-refractivity contribution in [1.82, 2.24) is 4.90 Å². The standard InChI is InChI=1S/C16H20N2OS.FH/c1-5-17-16(18(4)6-2)20-12-11-15(19)14-9-7-13(3)8-10-14;/h6-12H,2,5H2,1,3-4H3;1H/b12-11+,17-16?;. The van der Waals surface area contributed by atoms with Gasteiger partial charge < -0.3 is 4.90 Å². The Morgan fingerprint density at radius 3 is 2.52 bits per heavy atom. The molecular formula is C16H21FN2OS. The van der Waals surface area contributed by atoms with E-state index in [1.807, 2.05) is 50.1 Å². The Balaban J connectivity index is 0.00000400. The summed E-state index contributed by atoms with van der Waals surface area (Å²) < 4.78 is 0. The molecule has 1 aromatic carbocycles. The Kier molecular flexibility index (Phi) is 9.05. The van der Waals surface area contributed by atoms with Crippen LogP contribution < -0.4 is 0 Å². The topological polar surface area (TPSA) is 32.7 Å². The average Bonchev–Trinajstić information content (AvgIpc) is 2.46. The molecule has 0 atom stereocenters. The average molecular weight is 308 g/mol. The van der Waals surface area contributed by atoms with Gasteiger partial charge in [-0.25, -0.2) is 0 Å². The van der Waals surface area contributed by atoms with Crippen LogP contribution in [-0.2, 0) is 0 Å². The van der Waals surface area contributed by atoms with Crippen LogP contribution in [0.2, 0.25) is 0 Å². The number of thioether (sulfide) groups is 1. The zero-order chi connectivity index (χ0) is 15.0. The second-order valence-electron chi connectivity index (χ2n) is 4.20. The highest BCUT2D eigenvalue weighted by atomic mass is 32.2. The summed E-state index contributed by atoms with van der Waals surface area (Å²) in [5.74, 6) is -0.00500. The highest BCUT2D eigenvalue weighted by Crippen LogP contribution is 2.12. The van der Waals surface area contributed by atoms with Gasteiger partial charge in [0.1, 0.15) is 0 Å². The summed E-state index contributed by atoms with van der Waals surface area (Å²) in [6.45, 7) is 8.37. The zero-order valence-electron chi connectivity index (χ0n) is 12.6. The minimum atomic E-state index is -0.00500. The molecule has 0 amide bonds. The molecule has 0 aliphatic carbocycles. The summed E-state index contributed by atoms with van der Waals surface area (Å²) in [7, 11) is 1.88. The van der Waals surface area contributed by atoms with Gasteiger partial charge in [0.05, 0.1) is 0 Å². The third-order valence-corrected chi connectivity index (χ3v) is 3.50. The smallest absolute Gasteiger partial charge is 0.186 e. The van der Waals surface area contributed by atoms with E-state index in [9.17, 15) is 4.79 Å². The SMILES string of the molecule is C=CN(C)C(=NCC)S/C=C/C(=O)c1ccc(C)cc1.F. The summed E-state index contributed by atoms with van der Waals surface area (Å²) in [5, 5.41) is 2.58. The molecule has 3 nitrogen and oxygen atoms in total. The number of benzene rings is 1. The van der Waals surface area contributed by atoms with Crippen LogP contribution in [0.4, 0.5) is 4.70 Å². The Morgan fingerprint density at radius 2 is 2.00 bits per heavy atom. The Morgan fingerprint density at radius 1 is 1.38 bits per heavy atom. The van der Waals surface area contributed by atoms with E-state index in [0.717, 1.165) is 10.7 Å². The lowest BCUT2D eigenvalue weighted by atomic mass is 10.1. The second kappa shape index (κ2) is 9.94. The molecule has 114 valence electrons. The minimum absolute atomic E-state index is 0. The Labute approximate surface area is 129 Å². The maximum Gasteiger partial charge on any atom is 0.186 e. The van der Waals surface area contributed by atoms with Crippen molar-refractivity contribution in [3.05, 3.63) is 59.7 Å². The molecule has 21 heavy (non-hydrogen) atoms. The highest BCUT2D eigenvalue weighted by Gasteiger charge is 2.03. The van der Waals surface area contributed by atoms with Crippen LogP contribution >= 0.6 is 11.8 Å². The second-order valence-corrected chi connectivity index (χ2v) is 5.07. The third-order valence-electron chi connectivity index (χ3n) is 2.60. The molecule has 0 bridgehead atoms. The molecule has 0 saturated heterocycles. The van der Waals surface area contributed by atoms with E-state index < -0.39 is 0 Å². The molecule has 1 aromatic rings. The lowest BCUT2D eigenvalue weighted by Gasteiger charge is -2.13. The monoisotopic (exact) mass is 308 g/mol. The lowest BCUT2D eigenvalue weighted by Crippen LogP contribution is -2.16. The van der Waals surface area contributed by atoms with Gasteiger partial charge in [0.2, 0.25) is 0 Å². The number of carbonyl (C=O) groups is 1. The fourth-order valence-corrected chi connectivity index (χ4v) is 2.17. The summed E-state index contributed by atoms with van der Waals surface area (Å²) in [6.07, 6.45) is 3.26. The van der Waals surface area contributed by atoms with Crippen LogP contribution in [0.25, 0.3) is 0 Å². The number of rotatable bonds is 5. The van der Waals surface area contributed by atoms with E-state index in [1.54, 1.807) is 17.7 Å². The molecule has 0 aliphatic heterocycles. The first-order chi connectivity index (χ1) is 9.58. The van der Waals surface area contributed by atoms with Crippen LogP contribution in [0.15, 0.2) is 53.5 Å². The predicted octanol–water partition coefficient (Wildman–Crippen LogP) is 4.03. The molecular weight excluding hydrogens is 287 g/mol. The number of ketones is 1. The number of hydrogen-bond acceptors (Lipinski definition) is 3. The fourth-order valence-electron chi connectivity index (χ4n) is 1.42. The van der Waals surface area contributed by atoms with Crippen molar-refractivity contribution in [2.24, 2.45) is 4.99 Å². The number of aliphatic imine (C=N–C) groups is 1. The minimum Gasteiger partial charge on any atom is -0.331 e. The number of hydrogen-bond donors (Lipinski definition) is 0. The van der Waals surface area contributed by atoms with Gasteiger partial charge in [-0.2, -0.15) is 0 Å². The van der Waals surface area contributed by atoms with Crippen LogP contribution in [0.1, 0.15) is 22.8 Å². The molecule has 0 N–H and O–H groups in total. The largest absolute Gasteiger partial charge is 0.331 e. The number of halogens is 1. The van der Waals surface area contributed by atoms with Crippen molar-refractivity contribution < 1.29 is 9.50 Å². The van der Waals surface area contributed by atoms with Gasteiger partial charge >= 0.3 is 0 Å². The van der Waals surface area contributed by atoms with Gasteiger partial charge in [0.25, 0.3) is 0 Å². The van der Waals surface area contributed by atoms with Gasteiger partial charge in [-0.15, -0.1) is 0 Å². The number of nitrogens with zero attached hydrogens (tertiary/aromatic N) is 2. The number of allylic oxidation sites excluding steroid dienone is 1. The Bertz CT molecular complexity index is 524. The molecule has 0 fully saturated rings. The fraction of sp³-hybridized carbons (Fsp3) is 0.250. The van der Waals surface area contributed by atoms with Crippen LogP contribution in [0, 0.1) is 6.92 Å². The van der Waals surface area contributed by atoms with Gasteiger partial charge in [0.15, 0.2) is 11.0 Å². The van der Waals surface area contributed by atoms with E-state index in [2.05, 4.69) is 11.6 Å². The van der Waals surface area contributed by atoms with Gasteiger partial charge in [0, 0.05) is 19.2 Å². The van der Waals surface area contributed by atoms with Crippen molar-refractivity contribution >= 4 is 22.7 Å². The summed E-state index contributed by atoms with van der Waals surface area (Å²) >= 11 is 1.41. The molecule has 0 saturated carbocycles. The normalized spacial score (nSPS) is 11.1. The van der Waals surface area contributed by atoms with Crippen molar-refractivity contribution in [2.45, 2.75) is 13.8 Å². The van der Waals surface area contributed by atoms with Crippen molar-refractivity contribution in [1.29, 1.82) is 0 Å². The molecule has 0 heterocycles. The van der Waals surface area contributed by atoms with E-state index in [4.69, 9.17) is 0 Å². The van der Waals surface area contributed by atoms with Crippen molar-refractivity contribution in [3.8, 4) is 0 Å². The number of aryl methyl sites for hydroxylation is 1. The zero-order valence-corrected chi connectivity index (χ0v) is 13.4. The van der Waals surface area contributed by atoms with E-state index >= 15 is 0 Å². The Hall–Kier alpha value is -1.88. The van der Waals surface area contributed by atoms with Crippen LogP contribution in [0.3, 0.4) is 0 Å². The number of amidine groups is 1. The summed E-state index contributed by atoms with van der Waals surface area (Å²) in [6, 6.07) is 7.54.